The van der Waals surface area contributed by atoms with Crippen molar-refractivity contribution in [1.82, 2.24) is 9.80 Å². The van der Waals surface area contributed by atoms with Crippen molar-refractivity contribution in [1.29, 1.82) is 0 Å². The van der Waals surface area contributed by atoms with Gasteiger partial charge in [0.05, 0.1) is 12.1 Å². The molecule has 3 saturated heterocycles. The fraction of sp³-hybridized carbons (Fsp3) is 0.719. The zero-order chi connectivity index (χ0) is 27.6. The highest BCUT2D eigenvalue weighted by atomic mass is 16.5. The standard InChI is InChI=1S/C32H47N3O4/c1-4-23(2)30(37)12-11-29(24(3)36)35-20-25-9-10-26(19-28(25)31(35)38)34-21-32(22-34)13-16-33(17-14-32)15-5-7-27-8-6-18-39-27/h9-10,19,23,27,29H,4-8,11-18,20-22H2,1-3H3. The van der Waals surface area contributed by atoms with Crippen molar-refractivity contribution in [2.45, 2.75) is 97.2 Å². The molecule has 3 fully saturated rings. The summed E-state index contributed by atoms with van der Waals surface area (Å²) >= 11 is 0. The van der Waals surface area contributed by atoms with E-state index in [9.17, 15) is 14.4 Å². The first-order valence-electron chi connectivity index (χ1n) is 15.3. The van der Waals surface area contributed by atoms with Gasteiger partial charge in [0.2, 0.25) is 0 Å². The van der Waals surface area contributed by atoms with Crippen LogP contribution in [0.25, 0.3) is 0 Å². The minimum Gasteiger partial charge on any atom is -0.378 e. The number of nitrogens with zero attached hydrogens (tertiary/aromatic N) is 3. The van der Waals surface area contributed by atoms with Crippen LogP contribution in [0.2, 0.25) is 0 Å². The number of Topliss-reactive ketones (excluding diaryl/α,β-unsaturated/α-hetero) is 2. The molecule has 0 saturated carbocycles. The molecule has 214 valence electrons. The molecule has 4 heterocycles. The van der Waals surface area contributed by atoms with Crippen LogP contribution in [0.3, 0.4) is 0 Å². The molecule has 7 nitrogen and oxygen atoms in total. The number of hydrogen-bond donors (Lipinski definition) is 0. The molecule has 3 atom stereocenters. The maximum absolute atomic E-state index is 13.4. The number of fused-ring (bicyclic) bond motifs is 1. The van der Waals surface area contributed by atoms with Gasteiger partial charge in [0.1, 0.15) is 5.78 Å². The molecule has 0 radical (unpaired) electrons. The third kappa shape index (κ3) is 6.25. The second-order valence-corrected chi connectivity index (χ2v) is 12.7. The normalized spacial score (nSPS) is 24.1. The van der Waals surface area contributed by atoms with E-state index >= 15 is 0 Å². The highest BCUT2D eigenvalue weighted by Gasteiger charge is 2.45. The minimum absolute atomic E-state index is 0.00428. The summed E-state index contributed by atoms with van der Waals surface area (Å²) < 4.78 is 5.77. The van der Waals surface area contributed by atoms with E-state index in [1.54, 1.807) is 4.90 Å². The number of ether oxygens (including phenoxy) is 1. The van der Waals surface area contributed by atoms with Gasteiger partial charge in [-0.3, -0.25) is 14.4 Å². The lowest BCUT2D eigenvalue weighted by molar-refractivity contribution is -0.124. The summed E-state index contributed by atoms with van der Waals surface area (Å²) in [6.45, 7) is 12.5. The van der Waals surface area contributed by atoms with Crippen molar-refractivity contribution in [2.75, 3.05) is 44.2 Å². The Kier molecular flexibility index (Phi) is 8.77. The second-order valence-electron chi connectivity index (χ2n) is 12.7. The van der Waals surface area contributed by atoms with Crippen molar-refractivity contribution >= 4 is 23.2 Å². The van der Waals surface area contributed by atoms with Gasteiger partial charge in [-0.05, 0) is 95.6 Å². The first kappa shape index (κ1) is 28.3. The molecule has 4 aliphatic heterocycles. The lowest BCUT2D eigenvalue weighted by Crippen LogP contribution is -2.60. The summed E-state index contributed by atoms with van der Waals surface area (Å²) in [7, 11) is 0. The summed E-state index contributed by atoms with van der Waals surface area (Å²) in [4.78, 5) is 45.0. The highest BCUT2D eigenvalue weighted by Crippen LogP contribution is 2.43. The molecule has 0 N–H and O–H groups in total. The van der Waals surface area contributed by atoms with Gasteiger partial charge in [-0.1, -0.05) is 19.9 Å². The van der Waals surface area contributed by atoms with E-state index in [0.29, 0.717) is 36.5 Å². The molecule has 1 amide bonds. The molecule has 7 heteroatoms. The van der Waals surface area contributed by atoms with E-state index in [0.717, 1.165) is 37.4 Å². The van der Waals surface area contributed by atoms with Crippen LogP contribution < -0.4 is 4.90 Å². The van der Waals surface area contributed by atoms with Crippen LogP contribution in [0.1, 0.15) is 94.5 Å². The molecule has 0 aliphatic carbocycles. The molecule has 5 rings (SSSR count). The third-order valence-electron chi connectivity index (χ3n) is 9.96. The molecule has 3 unspecified atom stereocenters. The van der Waals surface area contributed by atoms with Gasteiger partial charge in [0.15, 0.2) is 5.78 Å². The number of carbonyl (C=O) groups excluding carboxylic acids is 3. The zero-order valence-corrected chi connectivity index (χ0v) is 24.3. The van der Waals surface area contributed by atoms with Crippen molar-refractivity contribution < 1.29 is 19.1 Å². The van der Waals surface area contributed by atoms with Gasteiger partial charge in [-0.2, -0.15) is 0 Å². The predicted octanol–water partition coefficient (Wildman–Crippen LogP) is 4.86. The fourth-order valence-electron chi connectivity index (χ4n) is 7.02. The Morgan fingerprint density at radius 3 is 2.62 bits per heavy atom. The minimum atomic E-state index is -0.537. The van der Waals surface area contributed by atoms with Gasteiger partial charge in [-0.25, -0.2) is 0 Å². The van der Waals surface area contributed by atoms with Crippen molar-refractivity contribution in [2.24, 2.45) is 11.3 Å². The Hall–Kier alpha value is -2.25. The largest absolute Gasteiger partial charge is 0.378 e. The second kappa shape index (κ2) is 12.1. The lowest BCUT2D eigenvalue weighted by Gasteiger charge is -2.55. The summed E-state index contributed by atoms with van der Waals surface area (Å²) in [5, 5.41) is 0. The van der Waals surface area contributed by atoms with E-state index in [1.807, 2.05) is 19.9 Å². The Balaban J connectivity index is 1.12. The van der Waals surface area contributed by atoms with E-state index in [2.05, 4.69) is 21.9 Å². The van der Waals surface area contributed by atoms with Crippen LogP contribution in [0.4, 0.5) is 5.69 Å². The average molecular weight is 538 g/mol. The van der Waals surface area contributed by atoms with Crippen LogP contribution in [0, 0.1) is 11.3 Å². The Morgan fingerprint density at radius 1 is 1.18 bits per heavy atom. The number of piperidine rings is 1. The van der Waals surface area contributed by atoms with Crippen LogP contribution in [0.15, 0.2) is 18.2 Å². The number of rotatable bonds is 12. The monoisotopic (exact) mass is 537 g/mol. The van der Waals surface area contributed by atoms with Gasteiger partial charge in [-0.15, -0.1) is 0 Å². The molecule has 1 spiro atoms. The third-order valence-corrected chi connectivity index (χ3v) is 9.96. The average Bonchev–Trinajstić information content (AvgIpc) is 3.55. The first-order valence-corrected chi connectivity index (χ1v) is 15.3. The maximum Gasteiger partial charge on any atom is 0.255 e. The van der Waals surface area contributed by atoms with Crippen LogP contribution in [0.5, 0.6) is 0 Å². The summed E-state index contributed by atoms with van der Waals surface area (Å²) in [5.74, 6) is 0.0487. The number of hydrogen-bond acceptors (Lipinski definition) is 6. The van der Waals surface area contributed by atoms with Gasteiger partial charge < -0.3 is 19.4 Å². The molecule has 4 aliphatic rings. The summed E-state index contributed by atoms with van der Waals surface area (Å²) in [6, 6.07) is 5.69. The molecule has 1 aromatic rings. The molecular weight excluding hydrogens is 490 g/mol. The number of carbonyl (C=O) groups is 3. The molecule has 1 aromatic carbocycles. The molecule has 0 bridgehead atoms. The number of amides is 1. The zero-order valence-electron chi connectivity index (χ0n) is 24.3. The van der Waals surface area contributed by atoms with Gasteiger partial charge >= 0.3 is 0 Å². The molecular formula is C32H47N3O4. The molecule has 0 aromatic heterocycles. The predicted molar refractivity (Wildman–Crippen MR) is 153 cm³/mol. The fourth-order valence-corrected chi connectivity index (χ4v) is 7.02. The van der Waals surface area contributed by atoms with Gasteiger partial charge in [0, 0.05) is 55.2 Å². The van der Waals surface area contributed by atoms with E-state index in [-0.39, 0.29) is 23.4 Å². The number of anilines is 1. The number of likely N-dealkylation sites (tertiary alicyclic amines) is 1. The van der Waals surface area contributed by atoms with E-state index < -0.39 is 6.04 Å². The SMILES string of the molecule is CCC(C)C(=O)CCC(C(C)=O)N1Cc2ccc(N3CC4(CCN(CCCC5CCCO5)CC4)C3)cc2C1=O. The Morgan fingerprint density at radius 2 is 1.95 bits per heavy atom. The quantitative estimate of drug-likeness (QED) is 0.379. The Labute approximate surface area is 234 Å². The van der Waals surface area contributed by atoms with E-state index in [4.69, 9.17) is 4.74 Å². The Bertz CT molecular complexity index is 1050. The topological polar surface area (TPSA) is 70.2 Å². The number of ketones is 2. The van der Waals surface area contributed by atoms with E-state index in [1.165, 1.54) is 65.1 Å². The highest BCUT2D eigenvalue weighted by molar-refractivity contribution is 6.02. The number of benzene rings is 1. The van der Waals surface area contributed by atoms with Crippen molar-refractivity contribution in [3.8, 4) is 0 Å². The summed E-state index contributed by atoms with van der Waals surface area (Å²) in [5.41, 5.74) is 3.21. The molecule has 39 heavy (non-hydrogen) atoms. The summed E-state index contributed by atoms with van der Waals surface area (Å²) in [6.07, 6.45) is 9.44. The maximum atomic E-state index is 13.4. The first-order chi connectivity index (χ1) is 18.8. The lowest BCUT2D eigenvalue weighted by atomic mass is 9.71. The van der Waals surface area contributed by atoms with Crippen molar-refractivity contribution in [3.63, 3.8) is 0 Å². The van der Waals surface area contributed by atoms with Gasteiger partial charge in [0.25, 0.3) is 5.91 Å². The smallest absolute Gasteiger partial charge is 0.255 e. The van der Waals surface area contributed by atoms with Crippen LogP contribution in [-0.4, -0.2) is 78.7 Å². The van der Waals surface area contributed by atoms with Crippen LogP contribution in [-0.2, 0) is 20.9 Å². The van der Waals surface area contributed by atoms with Crippen LogP contribution >= 0.6 is 0 Å². The van der Waals surface area contributed by atoms with Crippen molar-refractivity contribution in [3.05, 3.63) is 29.3 Å².